The predicted octanol–water partition coefficient (Wildman–Crippen LogP) is 4.89. The Morgan fingerprint density at radius 2 is 1.59 bits per heavy atom. The van der Waals surface area contributed by atoms with Crippen LogP contribution in [0.25, 0.3) is 22.3 Å². The van der Waals surface area contributed by atoms with E-state index in [1.165, 1.54) is 24.3 Å². The van der Waals surface area contributed by atoms with Crippen molar-refractivity contribution in [2.45, 2.75) is 31.1 Å². The molecule has 0 saturated heterocycles. The Morgan fingerprint density at radius 1 is 0.892 bits per heavy atom. The molecule has 0 unspecified atom stereocenters. The first-order valence-corrected chi connectivity index (χ1v) is 12.3. The molecule has 3 N–H and O–H groups in total. The number of alkyl halides is 3. The summed E-state index contributed by atoms with van der Waals surface area (Å²) in [6, 6.07) is 15.4. The van der Waals surface area contributed by atoms with Crippen LogP contribution in [0.1, 0.15) is 18.4 Å². The Balaban J connectivity index is 1.47. The van der Waals surface area contributed by atoms with Gasteiger partial charge in [-0.15, -0.1) is 0 Å². The van der Waals surface area contributed by atoms with E-state index in [9.17, 15) is 26.0 Å². The fourth-order valence-electron chi connectivity index (χ4n) is 3.78. The smallest absolute Gasteiger partial charge is 0.354 e. The maximum Gasteiger partial charge on any atom is 0.411 e. The lowest BCUT2D eigenvalue weighted by molar-refractivity contribution is -0.151. The van der Waals surface area contributed by atoms with E-state index in [0.29, 0.717) is 22.5 Å². The fraction of sp³-hybridized carbons (Fsp3) is 0.208. The van der Waals surface area contributed by atoms with E-state index >= 15 is 0 Å². The number of pyridine rings is 1. The van der Waals surface area contributed by atoms with Gasteiger partial charge in [0.1, 0.15) is 16.9 Å². The molecule has 8 nitrogen and oxygen atoms in total. The molecule has 13 heteroatoms. The quantitative estimate of drug-likeness (QED) is 0.189. The number of benzene rings is 2. The van der Waals surface area contributed by atoms with Crippen LogP contribution in [0.3, 0.4) is 0 Å². The number of aromatic nitrogens is 3. The summed E-state index contributed by atoms with van der Waals surface area (Å²) in [7, 11) is -2.78. The molecule has 2 aromatic heterocycles. The van der Waals surface area contributed by atoms with Crippen LogP contribution in [0.15, 0.2) is 60.7 Å². The van der Waals surface area contributed by atoms with E-state index < -0.39 is 28.4 Å². The Hall–Kier alpha value is -4.00. The number of thiol groups is 1. The minimum absolute atomic E-state index is 0.0647. The van der Waals surface area contributed by atoms with Crippen molar-refractivity contribution in [3.05, 3.63) is 72.0 Å². The number of anilines is 3. The zero-order valence-electron chi connectivity index (χ0n) is 19.0. The second-order valence-corrected chi connectivity index (χ2v) is 9.33. The number of hydrogen-bond donors (Lipinski definition) is 4. The first kappa shape index (κ1) is 24.7. The molecule has 1 aliphatic carbocycles. The second kappa shape index (κ2) is 9.47. The Labute approximate surface area is 210 Å². The molecule has 0 bridgehead atoms. The predicted molar refractivity (Wildman–Crippen MR) is 132 cm³/mol. The van der Waals surface area contributed by atoms with Gasteiger partial charge >= 0.3 is 6.18 Å². The van der Waals surface area contributed by atoms with Crippen LogP contribution >= 0.6 is 0 Å². The van der Waals surface area contributed by atoms with E-state index in [1.807, 2.05) is 0 Å². The van der Waals surface area contributed by atoms with Crippen molar-refractivity contribution in [1.82, 2.24) is 15.0 Å². The van der Waals surface area contributed by atoms with Gasteiger partial charge in [0.25, 0.3) is 0 Å². The molecule has 0 radical (unpaired) electrons. The zero-order chi connectivity index (χ0) is 26.2. The molecule has 0 aliphatic heterocycles. The maximum absolute atomic E-state index is 13.7. The molecule has 0 spiro atoms. The van der Waals surface area contributed by atoms with Gasteiger partial charge in [0, 0.05) is 17.8 Å². The zero-order valence-corrected chi connectivity index (χ0v) is 19.9. The van der Waals surface area contributed by atoms with Crippen LogP contribution in [-0.4, -0.2) is 35.1 Å². The van der Waals surface area contributed by atoms with Crippen molar-refractivity contribution in [1.29, 1.82) is 0 Å². The third-order valence-electron chi connectivity index (χ3n) is 5.96. The van der Waals surface area contributed by atoms with Gasteiger partial charge in [-0.2, -0.15) is 18.2 Å². The van der Waals surface area contributed by atoms with Crippen LogP contribution in [0, 0.1) is 5.82 Å². The monoisotopic (exact) mass is 532 g/mol. The van der Waals surface area contributed by atoms with Crippen LogP contribution in [0.5, 0.6) is 0 Å². The summed E-state index contributed by atoms with van der Waals surface area (Å²) >= 11 is 0. The molecule has 1 saturated carbocycles. The Kier molecular flexibility index (Phi) is 6.31. The van der Waals surface area contributed by atoms with Gasteiger partial charge in [0.2, 0.25) is 16.8 Å². The van der Waals surface area contributed by atoms with Gasteiger partial charge in [0.05, 0.1) is 11.2 Å². The third-order valence-corrected chi connectivity index (χ3v) is 6.40. The highest BCUT2D eigenvalue weighted by Crippen LogP contribution is 2.51. The molecule has 0 atom stereocenters. The second-order valence-electron chi connectivity index (χ2n) is 8.59. The molecule has 4 aromatic rings. The Bertz CT molecular complexity index is 1510. The largest absolute Gasteiger partial charge is 0.411 e. The summed E-state index contributed by atoms with van der Waals surface area (Å²) in [6.45, 7) is 0.236. The van der Waals surface area contributed by atoms with Crippen LogP contribution < -0.4 is 15.4 Å². The molecule has 5 rings (SSSR count). The summed E-state index contributed by atoms with van der Waals surface area (Å²) < 4.78 is 78.4. The van der Waals surface area contributed by atoms with Gasteiger partial charge in [-0.1, -0.05) is 12.1 Å². The van der Waals surface area contributed by atoms with Crippen LogP contribution in [0.2, 0.25) is 0 Å². The van der Waals surface area contributed by atoms with Gasteiger partial charge in [-0.3, -0.25) is 4.72 Å². The highest BCUT2D eigenvalue weighted by atomic mass is 32.2. The number of hydrogen-bond acceptors (Lipinski definition) is 7. The first-order valence-electron chi connectivity index (χ1n) is 11.2. The van der Waals surface area contributed by atoms with Gasteiger partial charge in [-0.25, -0.2) is 22.8 Å². The molecule has 1 aliphatic rings. The van der Waals surface area contributed by atoms with Gasteiger partial charge < -0.3 is 10.6 Å². The molecule has 0 amide bonds. The van der Waals surface area contributed by atoms with Crippen molar-refractivity contribution in [2.24, 2.45) is 0 Å². The van der Waals surface area contributed by atoms with Crippen molar-refractivity contribution >= 4 is 39.4 Å². The molecule has 2 aromatic carbocycles. The first-order chi connectivity index (χ1) is 17.6. The number of nitrogens with zero attached hydrogens (tertiary/aromatic N) is 3. The molecule has 192 valence electrons. The summed E-state index contributed by atoms with van der Waals surface area (Å²) in [6.07, 6.45) is -4.65. The standard InChI is InChI=1S/C24H20F4N6O2S/c25-16-5-3-15(4-6-16)18-9-10-19-20(30-18)21(33-23(11-12-23)24(26,27)28)32-22(31-19)29-13-14-1-7-17(8-2-14)34-37(35)36/h1-10,37H,11-13H2,(H,34,35,36)(H2,29,31,32,33). The van der Waals surface area contributed by atoms with Crippen molar-refractivity contribution < 1.29 is 26.0 Å². The highest BCUT2D eigenvalue weighted by molar-refractivity contribution is 7.73. The lowest BCUT2D eigenvalue weighted by Crippen LogP contribution is -2.39. The molecule has 1 fully saturated rings. The fourth-order valence-corrected chi connectivity index (χ4v) is 4.14. The average molecular weight is 533 g/mol. The summed E-state index contributed by atoms with van der Waals surface area (Å²) in [5, 5.41) is 5.56. The number of nitrogens with one attached hydrogen (secondary N) is 3. The van der Waals surface area contributed by atoms with Crippen LogP contribution in [-0.2, 0) is 17.4 Å². The van der Waals surface area contributed by atoms with E-state index in [0.717, 1.165) is 5.56 Å². The molecule has 37 heavy (non-hydrogen) atoms. The van der Waals surface area contributed by atoms with E-state index in [1.54, 1.807) is 36.4 Å². The molecule has 2 heterocycles. The minimum atomic E-state index is -4.48. The highest BCUT2D eigenvalue weighted by Gasteiger charge is 2.64. The summed E-state index contributed by atoms with van der Waals surface area (Å²) in [5.74, 6) is -0.391. The molecular formula is C24H20F4N6O2S. The number of fused-ring (bicyclic) bond motifs is 1. The normalized spacial score (nSPS) is 14.5. The number of halogens is 4. The minimum Gasteiger partial charge on any atom is -0.354 e. The summed E-state index contributed by atoms with van der Waals surface area (Å²) in [4.78, 5) is 13.2. The van der Waals surface area contributed by atoms with Gasteiger partial charge in [0.15, 0.2) is 5.82 Å². The average Bonchev–Trinajstić information content (AvgIpc) is 3.65. The lowest BCUT2D eigenvalue weighted by Gasteiger charge is -2.22. The van der Waals surface area contributed by atoms with Crippen molar-refractivity contribution in [3.63, 3.8) is 0 Å². The van der Waals surface area contributed by atoms with Crippen molar-refractivity contribution in [2.75, 3.05) is 15.4 Å². The molecular weight excluding hydrogens is 512 g/mol. The van der Waals surface area contributed by atoms with Crippen LogP contribution in [0.4, 0.5) is 35.0 Å². The topological polar surface area (TPSA) is 109 Å². The summed E-state index contributed by atoms with van der Waals surface area (Å²) in [5.41, 5.74) is 0.595. The van der Waals surface area contributed by atoms with E-state index in [2.05, 4.69) is 30.3 Å². The number of rotatable bonds is 8. The van der Waals surface area contributed by atoms with Crippen molar-refractivity contribution in [3.8, 4) is 11.3 Å². The Morgan fingerprint density at radius 3 is 2.22 bits per heavy atom. The SMILES string of the molecule is O=[SH](=O)Nc1ccc(CNc2nc(NC3(C(F)(F)F)CC3)c3nc(-c4ccc(F)cc4)ccc3n2)cc1. The maximum atomic E-state index is 13.7. The van der Waals surface area contributed by atoms with Gasteiger partial charge in [-0.05, 0) is 66.9 Å². The van der Waals surface area contributed by atoms with E-state index in [-0.39, 0.29) is 36.7 Å². The van der Waals surface area contributed by atoms with E-state index in [4.69, 9.17) is 0 Å². The lowest BCUT2D eigenvalue weighted by atomic mass is 10.1. The third kappa shape index (κ3) is 5.40.